The molecule has 2 saturated heterocycles. The fraction of sp³-hybridized carbons (Fsp3) is 0.684. The highest BCUT2D eigenvalue weighted by Gasteiger charge is 2.25. The van der Waals surface area contributed by atoms with Gasteiger partial charge in [-0.2, -0.15) is 0 Å². The molecule has 1 amide bonds. The van der Waals surface area contributed by atoms with Crippen molar-refractivity contribution in [2.45, 2.75) is 58.2 Å². The van der Waals surface area contributed by atoms with Gasteiger partial charge in [-0.15, -0.1) is 0 Å². The lowest BCUT2D eigenvalue weighted by atomic mass is 10.0. The predicted molar refractivity (Wildman–Crippen MR) is 97.0 cm³/mol. The SMILES string of the molecule is CCn1c(C)ccc(C(=O)NC2CCN(C[C@@H]3CCCO3)CC2)c1=O. The highest BCUT2D eigenvalue weighted by Crippen LogP contribution is 2.17. The zero-order valence-electron chi connectivity index (χ0n) is 15.3. The number of rotatable bonds is 5. The summed E-state index contributed by atoms with van der Waals surface area (Å²) >= 11 is 0. The molecule has 0 bridgehead atoms. The Kier molecular flexibility index (Phi) is 5.91. The summed E-state index contributed by atoms with van der Waals surface area (Å²) in [5.74, 6) is -0.246. The van der Waals surface area contributed by atoms with Crippen molar-refractivity contribution in [1.29, 1.82) is 0 Å². The van der Waals surface area contributed by atoms with Gasteiger partial charge in [0.05, 0.1) is 6.10 Å². The van der Waals surface area contributed by atoms with Crippen LogP contribution in [0.3, 0.4) is 0 Å². The van der Waals surface area contributed by atoms with E-state index in [0.29, 0.717) is 12.6 Å². The molecule has 6 nitrogen and oxygen atoms in total. The second-order valence-electron chi connectivity index (χ2n) is 7.12. The van der Waals surface area contributed by atoms with Gasteiger partial charge < -0.3 is 19.5 Å². The number of amides is 1. The Morgan fingerprint density at radius 3 is 2.68 bits per heavy atom. The van der Waals surface area contributed by atoms with Crippen LogP contribution in [0.4, 0.5) is 0 Å². The molecular weight excluding hydrogens is 318 g/mol. The second-order valence-corrected chi connectivity index (χ2v) is 7.12. The Morgan fingerprint density at radius 1 is 1.28 bits per heavy atom. The number of pyridine rings is 1. The molecule has 1 atom stereocenters. The number of aryl methyl sites for hydroxylation is 1. The number of ether oxygens (including phenoxy) is 1. The van der Waals surface area contributed by atoms with Crippen LogP contribution in [0, 0.1) is 6.92 Å². The number of hydrogen-bond donors (Lipinski definition) is 1. The smallest absolute Gasteiger partial charge is 0.263 e. The molecule has 0 aliphatic carbocycles. The predicted octanol–water partition coefficient (Wildman–Crippen LogP) is 1.55. The number of aromatic nitrogens is 1. The lowest BCUT2D eigenvalue weighted by molar-refractivity contribution is 0.0612. The summed E-state index contributed by atoms with van der Waals surface area (Å²) in [6.45, 7) is 8.21. The van der Waals surface area contributed by atoms with Crippen molar-refractivity contribution in [3.63, 3.8) is 0 Å². The highest BCUT2D eigenvalue weighted by atomic mass is 16.5. The molecule has 0 aromatic carbocycles. The van der Waals surface area contributed by atoms with E-state index < -0.39 is 0 Å². The minimum Gasteiger partial charge on any atom is -0.377 e. The first-order chi connectivity index (χ1) is 12.1. The summed E-state index contributed by atoms with van der Waals surface area (Å²) in [4.78, 5) is 27.4. The number of likely N-dealkylation sites (tertiary alicyclic amines) is 1. The zero-order valence-corrected chi connectivity index (χ0v) is 15.3. The molecule has 2 fully saturated rings. The average Bonchev–Trinajstić information content (AvgIpc) is 3.10. The maximum absolute atomic E-state index is 12.5. The van der Waals surface area contributed by atoms with Gasteiger partial charge in [0.1, 0.15) is 5.56 Å². The summed E-state index contributed by atoms with van der Waals surface area (Å²) in [5, 5.41) is 3.05. The Bertz CT molecular complexity index is 656. The molecule has 25 heavy (non-hydrogen) atoms. The largest absolute Gasteiger partial charge is 0.377 e. The molecule has 1 aromatic rings. The number of hydrogen-bond acceptors (Lipinski definition) is 4. The number of nitrogens with one attached hydrogen (secondary N) is 1. The third-order valence-electron chi connectivity index (χ3n) is 5.36. The van der Waals surface area contributed by atoms with Crippen LogP contribution in [0.25, 0.3) is 0 Å². The first kappa shape index (κ1) is 18.1. The topological polar surface area (TPSA) is 63.6 Å². The molecular formula is C19H29N3O3. The minimum absolute atomic E-state index is 0.143. The Labute approximate surface area is 149 Å². The van der Waals surface area contributed by atoms with Crippen LogP contribution < -0.4 is 10.9 Å². The third kappa shape index (κ3) is 4.30. The van der Waals surface area contributed by atoms with E-state index in [1.165, 1.54) is 6.42 Å². The van der Waals surface area contributed by atoms with Crippen molar-refractivity contribution in [3.8, 4) is 0 Å². The number of carbonyl (C=O) groups excluding carboxylic acids is 1. The normalized spacial score (nSPS) is 22.2. The minimum atomic E-state index is -0.246. The second kappa shape index (κ2) is 8.15. The Morgan fingerprint density at radius 2 is 2.04 bits per heavy atom. The van der Waals surface area contributed by atoms with Gasteiger partial charge in [0.15, 0.2) is 0 Å². The van der Waals surface area contributed by atoms with E-state index in [4.69, 9.17) is 4.74 Å². The first-order valence-corrected chi connectivity index (χ1v) is 9.43. The van der Waals surface area contributed by atoms with E-state index in [2.05, 4.69) is 10.2 Å². The quantitative estimate of drug-likeness (QED) is 0.878. The Hall–Kier alpha value is -1.66. The van der Waals surface area contributed by atoms with E-state index in [0.717, 1.165) is 51.2 Å². The number of carbonyl (C=O) groups is 1. The summed E-state index contributed by atoms with van der Waals surface area (Å²) in [5.41, 5.74) is 0.927. The van der Waals surface area contributed by atoms with Crippen molar-refractivity contribution < 1.29 is 9.53 Å². The van der Waals surface area contributed by atoms with Crippen molar-refractivity contribution in [2.24, 2.45) is 0 Å². The van der Waals surface area contributed by atoms with Crippen LogP contribution in [0.1, 0.15) is 48.7 Å². The fourth-order valence-corrected chi connectivity index (χ4v) is 3.84. The molecule has 0 saturated carbocycles. The van der Waals surface area contributed by atoms with Gasteiger partial charge in [-0.05, 0) is 51.7 Å². The molecule has 1 aromatic heterocycles. The van der Waals surface area contributed by atoms with E-state index in [-0.39, 0.29) is 23.1 Å². The molecule has 1 N–H and O–H groups in total. The maximum atomic E-state index is 12.5. The van der Waals surface area contributed by atoms with Crippen molar-refractivity contribution >= 4 is 5.91 Å². The van der Waals surface area contributed by atoms with E-state index in [9.17, 15) is 9.59 Å². The van der Waals surface area contributed by atoms with Crippen molar-refractivity contribution in [3.05, 3.63) is 33.7 Å². The fourth-order valence-electron chi connectivity index (χ4n) is 3.84. The molecule has 138 valence electrons. The van der Waals surface area contributed by atoms with Crippen LogP contribution >= 0.6 is 0 Å². The van der Waals surface area contributed by atoms with Gasteiger partial charge in [0.25, 0.3) is 11.5 Å². The van der Waals surface area contributed by atoms with E-state index >= 15 is 0 Å². The number of nitrogens with zero attached hydrogens (tertiary/aromatic N) is 2. The van der Waals surface area contributed by atoms with Crippen LogP contribution in [0.15, 0.2) is 16.9 Å². The van der Waals surface area contributed by atoms with Gasteiger partial charge in [0, 0.05) is 44.5 Å². The lowest BCUT2D eigenvalue weighted by Gasteiger charge is -2.33. The summed E-state index contributed by atoms with van der Waals surface area (Å²) in [6.07, 6.45) is 4.56. The highest BCUT2D eigenvalue weighted by molar-refractivity contribution is 5.94. The van der Waals surface area contributed by atoms with E-state index in [1.54, 1.807) is 10.6 Å². The molecule has 3 rings (SSSR count). The lowest BCUT2D eigenvalue weighted by Crippen LogP contribution is -2.47. The molecule has 6 heteroatoms. The van der Waals surface area contributed by atoms with Crippen LogP contribution in [0.5, 0.6) is 0 Å². The standard InChI is InChI=1S/C19H29N3O3/c1-3-22-14(2)6-7-17(19(22)24)18(23)20-15-8-10-21(11-9-15)13-16-5-4-12-25-16/h6-7,15-16H,3-5,8-13H2,1-2H3,(H,20,23)/t16-/m0/s1. The molecule has 0 radical (unpaired) electrons. The van der Waals surface area contributed by atoms with Gasteiger partial charge in [-0.25, -0.2) is 0 Å². The molecule has 2 aliphatic heterocycles. The third-order valence-corrected chi connectivity index (χ3v) is 5.36. The van der Waals surface area contributed by atoms with Crippen molar-refractivity contribution in [1.82, 2.24) is 14.8 Å². The monoisotopic (exact) mass is 347 g/mol. The summed E-state index contributed by atoms with van der Waals surface area (Å²) < 4.78 is 7.34. The zero-order chi connectivity index (χ0) is 17.8. The maximum Gasteiger partial charge on any atom is 0.263 e. The van der Waals surface area contributed by atoms with Gasteiger partial charge in [-0.3, -0.25) is 9.59 Å². The first-order valence-electron chi connectivity index (χ1n) is 9.43. The molecule has 3 heterocycles. The van der Waals surface area contributed by atoms with Crippen LogP contribution in [-0.2, 0) is 11.3 Å². The molecule has 0 unspecified atom stereocenters. The van der Waals surface area contributed by atoms with Gasteiger partial charge >= 0.3 is 0 Å². The van der Waals surface area contributed by atoms with Crippen LogP contribution in [0.2, 0.25) is 0 Å². The number of piperidine rings is 1. The molecule has 0 spiro atoms. The van der Waals surface area contributed by atoms with Crippen molar-refractivity contribution in [2.75, 3.05) is 26.2 Å². The summed E-state index contributed by atoms with van der Waals surface area (Å²) in [7, 11) is 0. The molecule has 2 aliphatic rings. The Balaban J connectivity index is 1.53. The van der Waals surface area contributed by atoms with E-state index in [1.807, 2.05) is 19.9 Å². The average molecular weight is 347 g/mol. The van der Waals surface area contributed by atoms with Gasteiger partial charge in [0.2, 0.25) is 0 Å². The summed E-state index contributed by atoms with van der Waals surface area (Å²) in [6, 6.07) is 3.62. The van der Waals surface area contributed by atoms with Gasteiger partial charge in [-0.1, -0.05) is 0 Å². The van der Waals surface area contributed by atoms with Crippen LogP contribution in [-0.4, -0.2) is 53.8 Å².